The number of benzene rings is 2. The molecular weight excluding hydrogens is 410 g/mol. The number of hydrogen-bond donors (Lipinski definition) is 0. The van der Waals surface area contributed by atoms with Gasteiger partial charge in [0, 0.05) is 18.5 Å². The molecule has 4 rings (SSSR count). The summed E-state index contributed by atoms with van der Waals surface area (Å²) < 4.78 is 6.68. The number of nitrogens with zero attached hydrogens (tertiary/aromatic N) is 3. The molecule has 1 aliphatic rings. The Morgan fingerprint density at radius 2 is 1.50 bits per heavy atom. The Hall–Kier alpha value is -3.81. The maximum absolute atomic E-state index is 12.7. The molecule has 2 amide bonds. The van der Waals surface area contributed by atoms with E-state index in [1.54, 1.807) is 48.5 Å². The highest BCUT2D eigenvalue weighted by Crippen LogP contribution is 2.22. The van der Waals surface area contributed by atoms with Gasteiger partial charge in [0.25, 0.3) is 17.4 Å². The van der Waals surface area contributed by atoms with Gasteiger partial charge in [0.2, 0.25) is 0 Å². The van der Waals surface area contributed by atoms with E-state index in [-0.39, 0.29) is 36.2 Å². The van der Waals surface area contributed by atoms with Crippen molar-refractivity contribution in [1.29, 1.82) is 0 Å². The van der Waals surface area contributed by atoms with Crippen molar-refractivity contribution in [1.82, 2.24) is 14.7 Å². The number of rotatable bonds is 8. The van der Waals surface area contributed by atoms with Crippen LogP contribution in [0.4, 0.5) is 0 Å². The molecule has 0 atom stereocenters. The van der Waals surface area contributed by atoms with Crippen molar-refractivity contribution in [2.75, 3.05) is 13.2 Å². The van der Waals surface area contributed by atoms with Crippen LogP contribution in [-0.2, 0) is 11.3 Å². The second-order valence-corrected chi connectivity index (χ2v) is 7.57. The number of ether oxygens (including phenoxy) is 1. The Morgan fingerprint density at radius 3 is 2.16 bits per heavy atom. The van der Waals surface area contributed by atoms with Gasteiger partial charge in [-0.2, -0.15) is 5.10 Å². The van der Waals surface area contributed by atoms with Gasteiger partial charge in [0.1, 0.15) is 0 Å². The molecule has 0 fully saturated rings. The molecule has 0 spiro atoms. The second-order valence-electron chi connectivity index (χ2n) is 7.57. The van der Waals surface area contributed by atoms with Crippen LogP contribution in [-0.4, -0.2) is 45.6 Å². The van der Waals surface area contributed by atoms with Crippen molar-refractivity contribution in [3.05, 3.63) is 75.7 Å². The van der Waals surface area contributed by atoms with Gasteiger partial charge in [-0.25, -0.2) is 9.48 Å². The number of fused-ring (bicyclic) bond motifs is 2. The van der Waals surface area contributed by atoms with E-state index >= 15 is 0 Å². The number of hydrogen-bond acceptors (Lipinski definition) is 6. The summed E-state index contributed by atoms with van der Waals surface area (Å²) in [6.07, 6.45) is 1.69. The average Bonchev–Trinajstić information content (AvgIpc) is 3.05. The minimum atomic E-state index is -0.605. The van der Waals surface area contributed by atoms with E-state index in [9.17, 15) is 19.2 Å². The third kappa shape index (κ3) is 3.91. The lowest BCUT2D eigenvalue weighted by atomic mass is 10.1. The number of aryl methyl sites for hydroxylation is 1. The fourth-order valence-corrected chi connectivity index (χ4v) is 3.80. The molecule has 3 aromatic rings. The third-order valence-electron chi connectivity index (χ3n) is 5.38. The third-order valence-corrected chi connectivity index (χ3v) is 5.38. The maximum atomic E-state index is 12.7. The largest absolute Gasteiger partial charge is 0.461 e. The summed E-state index contributed by atoms with van der Waals surface area (Å²) in [5.41, 5.74) is 0.710. The maximum Gasteiger partial charge on any atom is 0.359 e. The molecule has 32 heavy (non-hydrogen) atoms. The quantitative estimate of drug-likeness (QED) is 0.308. The van der Waals surface area contributed by atoms with Crippen molar-refractivity contribution in [3.63, 3.8) is 0 Å². The lowest BCUT2D eigenvalue weighted by Crippen LogP contribution is -2.30. The van der Waals surface area contributed by atoms with Crippen LogP contribution >= 0.6 is 0 Å². The van der Waals surface area contributed by atoms with Crippen molar-refractivity contribution in [2.45, 2.75) is 32.7 Å². The molecule has 0 N–H and O–H groups in total. The van der Waals surface area contributed by atoms with Gasteiger partial charge < -0.3 is 4.74 Å². The van der Waals surface area contributed by atoms with Crippen LogP contribution in [0.3, 0.4) is 0 Å². The summed E-state index contributed by atoms with van der Waals surface area (Å²) in [5.74, 6) is -1.19. The first-order valence-corrected chi connectivity index (χ1v) is 10.6. The van der Waals surface area contributed by atoms with E-state index in [4.69, 9.17) is 4.74 Å². The molecule has 0 bridgehead atoms. The van der Waals surface area contributed by atoms with Gasteiger partial charge in [0.05, 0.1) is 23.1 Å². The Morgan fingerprint density at radius 1 is 0.875 bits per heavy atom. The number of carbonyl (C=O) groups excluding carboxylic acids is 3. The van der Waals surface area contributed by atoms with Crippen LogP contribution in [0.5, 0.6) is 0 Å². The van der Waals surface area contributed by atoms with Crippen LogP contribution in [0.15, 0.2) is 53.3 Å². The molecule has 8 nitrogen and oxygen atoms in total. The highest BCUT2D eigenvalue weighted by Gasteiger charge is 2.34. The van der Waals surface area contributed by atoms with Gasteiger partial charge in [-0.1, -0.05) is 37.3 Å². The van der Waals surface area contributed by atoms with E-state index in [0.29, 0.717) is 47.7 Å². The highest BCUT2D eigenvalue weighted by molar-refractivity contribution is 6.21. The predicted octanol–water partition coefficient (Wildman–Crippen LogP) is 3.04. The Labute approximate surface area is 184 Å². The van der Waals surface area contributed by atoms with Crippen molar-refractivity contribution < 1.29 is 19.1 Å². The van der Waals surface area contributed by atoms with Gasteiger partial charge >= 0.3 is 5.97 Å². The summed E-state index contributed by atoms with van der Waals surface area (Å²) in [4.78, 5) is 51.2. The van der Waals surface area contributed by atoms with Gasteiger partial charge in [-0.05, 0) is 37.5 Å². The van der Waals surface area contributed by atoms with E-state index in [1.165, 1.54) is 9.58 Å². The van der Waals surface area contributed by atoms with Crippen molar-refractivity contribution in [2.24, 2.45) is 0 Å². The minimum Gasteiger partial charge on any atom is -0.461 e. The molecule has 2 heterocycles. The van der Waals surface area contributed by atoms with Crippen LogP contribution in [0.1, 0.15) is 57.4 Å². The summed E-state index contributed by atoms with van der Waals surface area (Å²) in [6, 6.07) is 13.6. The molecule has 0 aliphatic carbocycles. The van der Waals surface area contributed by atoms with E-state index < -0.39 is 5.97 Å². The zero-order valence-electron chi connectivity index (χ0n) is 17.7. The number of esters is 1. The number of unbranched alkanes of at least 4 members (excludes halogenated alkanes) is 1. The predicted molar refractivity (Wildman–Crippen MR) is 118 cm³/mol. The lowest BCUT2D eigenvalue weighted by Gasteiger charge is -2.13. The van der Waals surface area contributed by atoms with E-state index in [2.05, 4.69) is 5.10 Å². The summed E-state index contributed by atoms with van der Waals surface area (Å²) in [7, 11) is 0. The molecule has 1 aliphatic heterocycles. The molecule has 0 unspecified atom stereocenters. The molecule has 8 heteroatoms. The van der Waals surface area contributed by atoms with Crippen molar-refractivity contribution >= 4 is 28.6 Å². The summed E-state index contributed by atoms with van der Waals surface area (Å²) >= 11 is 0. The smallest absolute Gasteiger partial charge is 0.359 e. The normalized spacial score (nSPS) is 13.0. The topological polar surface area (TPSA) is 98.6 Å². The number of aromatic nitrogens is 2. The van der Waals surface area contributed by atoms with Gasteiger partial charge in [-0.3, -0.25) is 19.3 Å². The average molecular weight is 433 g/mol. The summed E-state index contributed by atoms with van der Waals surface area (Å²) in [6.45, 7) is 2.71. The van der Waals surface area contributed by atoms with Crippen LogP contribution < -0.4 is 5.56 Å². The Kier molecular flexibility index (Phi) is 6.11. The Bertz CT molecular complexity index is 1230. The Balaban J connectivity index is 1.37. The van der Waals surface area contributed by atoms with Crippen molar-refractivity contribution in [3.8, 4) is 0 Å². The van der Waals surface area contributed by atoms with Gasteiger partial charge in [-0.15, -0.1) is 0 Å². The zero-order chi connectivity index (χ0) is 22.7. The molecule has 1 aromatic heterocycles. The minimum absolute atomic E-state index is 0.106. The first-order valence-electron chi connectivity index (χ1n) is 10.6. The molecule has 0 saturated heterocycles. The SMILES string of the molecule is CCCn1nc(C(=O)OCCCCN2C(=O)c3ccccc3C2=O)c2ccccc2c1=O. The first-order chi connectivity index (χ1) is 15.5. The molecule has 0 radical (unpaired) electrons. The van der Waals surface area contributed by atoms with Crippen LogP contribution in [0.2, 0.25) is 0 Å². The molecule has 2 aromatic carbocycles. The zero-order valence-corrected chi connectivity index (χ0v) is 17.7. The van der Waals surface area contributed by atoms with Gasteiger partial charge in [0.15, 0.2) is 5.69 Å². The molecule has 164 valence electrons. The lowest BCUT2D eigenvalue weighted by molar-refractivity contribution is 0.0478. The van der Waals surface area contributed by atoms with E-state index in [1.807, 2.05) is 6.92 Å². The number of amides is 2. The summed E-state index contributed by atoms with van der Waals surface area (Å²) in [5, 5.41) is 5.11. The monoisotopic (exact) mass is 433 g/mol. The number of imide groups is 1. The second kappa shape index (κ2) is 9.13. The number of carbonyl (C=O) groups is 3. The van der Waals surface area contributed by atoms with E-state index in [0.717, 1.165) is 0 Å². The first kappa shape index (κ1) is 21.4. The standard InChI is InChI=1S/C24H23N3O5/c1-2-13-27-23(30)17-10-4-3-9-16(17)20(25-27)24(31)32-15-8-7-14-26-21(28)18-11-5-6-12-19(18)22(26)29/h3-6,9-12H,2,7-8,13-15H2,1H3. The highest BCUT2D eigenvalue weighted by atomic mass is 16.5. The fourth-order valence-electron chi connectivity index (χ4n) is 3.80. The van der Waals surface area contributed by atoms with Crippen LogP contribution in [0, 0.1) is 0 Å². The van der Waals surface area contributed by atoms with Crippen LogP contribution in [0.25, 0.3) is 10.8 Å². The molecular formula is C24H23N3O5. The fraction of sp³-hybridized carbons (Fsp3) is 0.292. The molecule has 0 saturated carbocycles.